The van der Waals surface area contributed by atoms with Gasteiger partial charge in [-0.15, -0.1) is 0 Å². The number of piperidine rings is 1. The molecule has 3 heterocycles. The highest BCUT2D eigenvalue weighted by Crippen LogP contribution is 2.45. The number of carbonyl (C=O) groups excluding carboxylic acids is 1. The first-order valence-corrected chi connectivity index (χ1v) is 9.31. The Labute approximate surface area is 158 Å². The van der Waals surface area contributed by atoms with E-state index in [4.69, 9.17) is 9.47 Å². The molecule has 2 fully saturated rings. The molecular weight excluding hydrogens is 344 g/mol. The van der Waals surface area contributed by atoms with Crippen LogP contribution in [0.4, 0.5) is 4.79 Å². The van der Waals surface area contributed by atoms with Crippen LogP contribution in [0.15, 0.2) is 48.7 Å². The maximum absolute atomic E-state index is 12.7. The summed E-state index contributed by atoms with van der Waals surface area (Å²) in [6, 6.07) is 13.2. The molecule has 2 aliphatic rings. The molecule has 2 aromatic rings. The SMILES string of the molecule is COc1ccc(C2(O)CC3CCC(C2)N3C(=O)OCc2ccccc2)nc1. The smallest absolute Gasteiger partial charge is 0.410 e. The molecule has 142 valence electrons. The Kier molecular flexibility index (Phi) is 4.74. The average Bonchev–Trinajstić information content (AvgIpc) is 2.99. The molecule has 1 amide bonds. The van der Waals surface area contributed by atoms with Gasteiger partial charge in [0.15, 0.2) is 0 Å². The summed E-state index contributed by atoms with van der Waals surface area (Å²) in [5.74, 6) is 0.659. The molecule has 2 aliphatic heterocycles. The van der Waals surface area contributed by atoms with Crippen LogP contribution in [0.5, 0.6) is 5.75 Å². The van der Waals surface area contributed by atoms with Gasteiger partial charge in [0.2, 0.25) is 0 Å². The summed E-state index contributed by atoms with van der Waals surface area (Å²) >= 11 is 0. The molecular formula is C21H24N2O4. The molecule has 1 aromatic carbocycles. The molecule has 2 atom stereocenters. The zero-order valence-corrected chi connectivity index (χ0v) is 15.4. The van der Waals surface area contributed by atoms with Gasteiger partial charge in [0.05, 0.1) is 19.0 Å². The molecule has 4 rings (SSSR count). The van der Waals surface area contributed by atoms with Crippen molar-refractivity contribution in [2.24, 2.45) is 0 Å². The molecule has 27 heavy (non-hydrogen) atoms. The standard InChI is InChI=1S/C21H24N2O4/c1-26-18-9-10-19(22-13-18)21(25)11-16-7-8-17(12-21)23(16)20(24)27-14-15-5-3-2-4-6-15/h2-6,9-10,13,16-17,25H,7-8,11-12,14H2,1H3. The Bertz CT molecular complexity index is 780. The molecule has 0 saturated carbocycles. The van der Waals surface area contributed by atoms with Gasteiger partial charge in [-0.3, -0.25) is 4.98 Å². The van der Waals surface area contributed by atoms with Gasteiger partial charge in [-0.2, -0.15) is 0 Å². The van der Waals surface area contributed by atoms with E-state index in [9.17, 15) is 9.90 Å². The minimum atomic E-state index is -1.02. The Morgan fingerprint density at radius 3 is 2.48 bits per heavy atom. The fraction of sp³-hybridized carbons (Fsp3) is 0.429. The Hall–Kier alpha value is -2.60. The normalized spacial score (nSPS) is 26.7. The average molecular weight is 368 g/mol. The van der Waals surface area contributed by atoms with Gasteiger partial charge in [0, 0.05) is 24.9 Å². The highest BCUT2D eigenvalue weighted by atomic mass is 16.6. The number of aromatic nitrogens is 1. The molecule has 6 nitrogen and oxygen atoms in total. The largest absolute Gasteiger partial charge is 0.495 e. The van der Waals surface area contributed by atoms with Crippen molar-refractivity contribution in [2.75, 3.05) is 7.11 Å². The van der Waals surface area contributed by atoms with Gasteiger partial charge in [0.1, 0.15) is 18.0 Å². The van der Waals surface area contributed by atoms with Crippen LogP contribution in [-0.4, -0.2) is 40.3 Å². The minimum absolute atomic E-state index is 0.0269. The van der Waals surface area contributed by atoms with Gasteiger partial charge < -0.3 is 19.5 Å². The summed E-state index contributed by atoms with van der Waals surface area (Å²) in [5, 5.41) is 11.2. The van der Waals surface area contributed by atoms with Crippen LogP contribution in [0.3, 0.4) is 0 Å². The molecule has 1 aromatic heterocycles. The summed E-state index contributed by atoms with van der Waals surface area (Å²) < 4.78 is 10.7. The lowest BCUT2D eigenvalue weighted by Crippen LogP contribution is -2.52. The highest BCUT2D eigenvalue weighted by molar-refractivity contribution is 5.69. The number of hydrogen-bond donors (Lipinski definition) is 1. The molecule has 0 radical (unpaired) electrons. The number of rotatable bonds is 4. The summed E-state index contributed by atoms with van der Waals surface area (Å²) in [6.45, 7) is 0.264. The Morgan fingerprint density at radius 1 is 1.19 bits per heavy atom. The van der Waals surface area contributed by atoms with E-state index in [1.165, 1.54) is 0 Å². The molecule has 2 unspecified atom stereocenters. The van der Waals surface area contributed by atoms with E-state index < -0.39 is 5.60 Å². The maximum atomic E-state index is 12.7. The van der Waals surface area contributed by atoms with E-state index in [1.54, 1.807) is 13.3 Å². The van der Waals surface area contributed by atoms with E-state index in [-0.39, 0.29) is 24.8 Å². The summed E-state index contributed by atoms with van der Waals surface area (Å²) in [7, 11) is 1.59. The van der Waals surface area contributed by atoms with Crippen molar-refractivity contribution >= 4 is 6.09 Å². The number of aliphatic hydroxyl groups is 1. The first-order valence-electron chi connectivity index (χ1n) is 9.31. The first-order chi connectivity index (χ1) is 13.1. The summed E-state index contributed by atoms with van der Waals surface area (Å²) in [6.07, 6.45) is 4.03. The minimum Gasteiger partial charge on any atom is -0.495 e. The number of pyridine rings is 1. The van der Waals surface area contributed by atoms with Crippen LogP contribution in [-0.2, 0) is 16.9 Å². The third-order valence-electron chi connectivity index (χ3n) is 5.63. The monoisotopic (exact) mass is 368 g/mol. The van der Waals surface area contributed by atoms with E-state index in [1.807, 2.05) is 47.4 Å². The number of nitrogens with zero attached hydrogens (tertiary/aromatic N) is 2. The Morgan fingerprint density at radius 2 is 1.89 bits per heavy atom. The van der Waals surface area contributed by atoms with Crippen LogP contribution in [0, 0.1) is 0 Å². The molecule has 0 spiro atoms. The van der Waals surface area contributed by atoms with Gasteiger partial charge in [-0.25, -0.2) is 4.79 Å². The molecule has 2 saturated heterocycles. The van der Waals surface area contributed by atoms with Gasteiger partial charge >= 0.3 is 6.09 Å². The van der Waals surface area contributed by atoms with E-state index in [0.717, 1.165) is 18.4 Å². The van der Waals surface area contributed by atoms with Gasteiger partial charge in [-0.05, 0) is 30.5 Å². The third kappa shape index (κ3) is 3.49. The van der Waals surface area contributed by atoms with E-state index in [0.29, 0.717) is 24.3 Å². The van der Waals surface area contributed by atoms with Crippen LogP contribution in [0.25, 0.3) is 0 Å². The van der Waals surface area contributed by atoms with Gasteiger partial charge in [-0.1, -0.05) is 30.3 Å². The summed E-state index contributed by atoms with van der Waals surface area (Å²) in [4.78, 5) is 18.9. The maximum Gasteiger partial charge on any atom is 0.410 e. The number of methoxy groups -OCH3 is 1. The molecule has 1 N–H and O–H groups in total. The van der Waals surface area contributed by atoms with Crippen LogP contribution in [0.1, 0.15) is 36.9 Å². The number of carbonyl (C=O) groups is 1. The Balaban J connectivity index is 1.44. The lowest BCUT2D eigenvalue weighted by molar-refractivity contribution is -0.0564. The molecule has 0 aliphatic carbocycles. The second kappa shape index (κ2) is 7.19. The fourth-order valence-electron chi connectivity index (χ4n) is 4.30. The predicted molar refractivity (Wildman–Crippen MR) is 99.2 cm³/mol. The van der Waals surface area contributed by atoms with Crippen LogP contribution < -0.4 is 4.74 Å². The number of hydrogen-bond acceptors (Lipinski definition) is 5. The lowest BCUT2D eigenvalue weighted by Gasteiger charge is -2.42. The topological polar surface area (TPSA) is 71.9 Å². The second-order valence-corrected chi connectivity index (χ2v) is 7.36. The quantitative estimate of drug-likeness (QED) is 0.897. The number of ether oxygens (including phenoxy) is 2. The van der Waals surface area contributed by atoms with Crippen LogP contribution in [0.2, 0.25) is 0 Å². The zero-order chi connectivity index (χ0) is 18.9. The van der Waals surface area contributed by atoms with Crippen molar-refractivity contribution in [2.45, 2.75) is 50.0 Å². The van der Waals surface area contributed by atoms with Crippen LogP contribution >= 0.6 is 0 Å². The highest BCUT2D eigenvalue weighted by Gasteiger charge is 2.51. The number of amides is 1. The molecule has 2 bridgehead atoms. The predicted octanol–water partition coefficient (Wildman–Crippen LogP) is 3.24. The fourth-order valence-corrected chi connectivity index (χ4v) is 4.30. The number of benzene rings is 1. The van der Waals surface area contributed by atoms with Crippen molar-refractivity contribution in [1.82, 2.24) is 9.88 Å². The van der Waals surface area contributed by atoms with E-state index >= 15 is 0 Å². The lowest BCUT2D eigenvalue weighted by atomic mass is 9.83. The van der Waals surface area contributed by atoms with Crippen molar-refractivity contribution in [3.05, 3.63) is 59.9 Å². The second-order valence-electron chi connectivity index (χ2n) is 7.36. The molecule has 6 heteroatoms. The van der Waals surface area contributed by atoms with Gasteiger partial charge in [0.25, 0.3) is 0 Å². The van der Waals surface area contributed by atoms with Crippen molar-refractivity contribution in [3.8, 4) is 5.75 Å². The zero-order valence-electron chi connectivity index (χ0n) is 15.4. The summed E-state index contributed by atoms with van der Waals surface area (Å²) in [5.41, 5.74) is 0.584. The van der Waals surface area contributed by atoms with Crippen molar-refractivity contribution in [3.63, 3.8) is 0 Å². The van der Waals surface area contributed by atoms with E-state index in [2.05, 4.69) is 4.98 Å². The number of fused-ring (bicyclic) bond motifs is 2. The van der Waals surface area contributed by atoms with Crippen molar-refractivity contribution < 1.29 is 19.4 Å². The first kappa shape index (κ1) is 17.8. The third-order valence-corrected chi connectivity index (χ3v) is 5.63. The van der Waals surface area contributed by atoms with Crippen molar-refractivity contribution in [1.29, 1.82) is 0 Å².